The normalized spacial score (nSPS) is 10.8. The highest BCUT2D eigenvalue weighted by Crippen LogP contribution is 2.17. The van der Waals surface area contributed by atoms with Crippen LogP contribution in [0.4, 0.5) is 0 Å². The van der Waals surface area contributed by atoms with E-state index in [1.54, 1.807) is 53.4 Å². The van der Waals surface area contributed by atoms with Crippen LogP contribution in [-0.4, -0.2) is 35.0 Å². The number of amides is 1. The summed E-state index contributed by atoms with van der Waals surface area (Å²) in [5, 5.41) is 18.3. The van der Waals surface area contributed by atoms with Crippen LogP contribution < -0.4 is 4.74 Å². The van der Waals surface area contributed by atoms with E-state index < -0.39 is 5.97 Å². The number of carbonyl (C=O) groups excluding carboxylic acids is 1. The van der Waals surface area contributed by atoms with Crippen LogP contribution in [0.15, 0.2) is 54.1 Å². The van der Waals surface area contributed by atoms with E-state index in [-0.39, 0.29) is 23.7 Å². The smallest absolute Gasteiger partial charge is 0.335 e. The number of nitrogens with zero attached hydrogens (tertiary/aromatic N) is 2. The monoisotopic (exact) mass is 378 g/mol. The van der Waals surface area contributed by atoms with Crippen molar-refractivity contribution in [3.8, 4) is 11.8 Å². The molecule has 0 fully saturated rings. The van der Waals surface area contributed by atoms with Gasteiger partial charge < -0.3 is 14.7 Å². The fraction of sp³-hybridized carbons (Fsp3) is 0.227. The maximum atomic E-state index is 12.3. The highest BCUT2D eigenvalue weighted by atomic mass is 16.5. The number of nitriles is 1. The van der Waals surface area contributed by atoms with Crippen molar-refractivity contribution in [2.24, 2.45) is 0 Å². The van der Waals surface area contributed by atoms with Crippen LogP contribution in [-0.2, 0) is 11.4 Å². The summed E-state index contributed by atoms with van der Waals surface area (Å²) in [6, 6.07) is 15.5. The predicted molar refractivity (Wildman–Crippen MR) is 106 cm³/mol. The van der Waals surface area contributed by atoms with Crippen molar-refractivity contribution in [3.63, 3.8) is 0 Å². The SMILES string of the molecule is CCN(CC)C(=O)/C(C#N)=C\c1ccc(OCc2cccc(C(=O)O)c2)cc1. The molecular weight excluding hydrogens is 356 g/mol. The van der Waals surface area contributed by atoms with Crippen molar-refractivity contribution in [3.05, 3.63) is 70.8 Å². The summed E-state index contributed by atoms with van der Waals surface area (Å²) in [4.78, 5) is 24.9. The zero-order valence-electron chi connectivity index (χ0n) is 15.9. The first-order valence-corrected chi connectivity index (χ1v) is 8.94. The molecule has 0 saturated carbocycles. The fourth-order valence-electron chi connectivity index (χ4n) is 2.61. The van der Waals surface area contributed by atoms with E-state index in [1.807, 2.05) is 19.9 Å². The highest BCUT2D eigenvalue weighted by molar-refractivity contribution is 6.01. The van der Waals surface area contributed by atoms with E-state index >= 15 is 0 Å². The Balaban J connectivity index is 2.06. The average molecular weight is 378 g/mol. The summed E-state index contributed by atoms with van der Waals surface area (Å²) >= 11 is 0. The molecule has 6 nitrogen and oxygen atoms in total. The van der Waals surface area contributed by atoms with Gasteiger partial charge in [-0.1, -0.05) is 24.3 Å². The molecule has 1 N–H and O–H groups in total. The molecule has 0 unspecified atom stereocenters. The maximum Gasteiger partial charge on any atom is 0.335 e. The second-order valence-corrected chi connectivity index (χ2v) is 6.01. The predicted octanol–water partition coefficient (Wildman–Crippen LogP) is 3.74. The van der Waals surface area contributed by atoms with E-state index in [1.165, 1.54) is 6.07 Å². The van der Waals surface area contributed by atoms with Gasteiger partial charge in [-0.25, -0.2) is 4.79 Å². The van der Waals surface area contributed by atoms with Gasteiger partial charge in [-0.2, -0.15) is 5.26 Å². The third kappa shape index (κ3) is 5.45. The summed E-state index contributed by atoms with van der Waals surface area (Å²) in [7, 11) is 0. The number of hydrogen-bond acceptors (Lipinski definition) is 4. The highest BCUT2D eigenvalue weighted by Gasteiger charge is 2.15. The molecule has 1 amide bonds. The summed E-state index contributed by atoms with van der Waals surface area (Å²) in [5.74, 6) is -0.664. The van der Waals surface area contributed by atoms with E-state index in [2.05, 4.69) is 0 Å². The molecule has 0 aliphatic heterocycles. The molecule has 0 saturated heterocycles. The molecular formula is C22H22N2O4. The van der Waals surface area contributed by atoms with Gasteiger partial charge in [-0.3, -0.25) is 4.79 Å². The van der Waals surface area contributed by atoms with Crippen LogP contribution in [0.3, 0.4) is 0 Å². The topological polar surface area (TPSA) is 90.6 Å². The summed E-state index contributed by atoms with van der Waals surface area (Å²) in [5.41, 5.74) is 1.77. The Morgan fingerprint density at radius 2 is 1.82 bits per heavy atom. The van der Waals surface area contributed by atoms with Crippen LogP contribution in [0.25, 0.3) is 6.08 Å². The first-order chi connectivity index (χ1) is 13.5. The number of carbonyl (C=O) groups is 2. The van der Waals surface area contributed by atoms with Gasteiger partial charge in [-0.05, 0) is 55.3 Å². The van der Waals surface area contributed by atoms with E-state index in [0.29, 0.717) is 18.8 Å². The molecule has 0 aliphatic rings. The summed E-state index contributed by atoms with van der Waals surface area (Å²) in [6.07, 6.45) is 1.56. The molecule has 0 bridgehead atoms. The maximum absolute atomic E-state index is 12.3. The minimum atomic E-state index is -0.981. The molecule has 0 atom stereocenters. The van der Waals surface area contributed by atoms with Crippen LogP contribution in [0.2, 0.25) is 0 Å². The molecule has 0 spiro atoms. The first kappa shape index (κ1) is 20.7. The van der Waals surface area contributed by atoms with Gasteiger partial charge in [0.1, 0.15) is 24.0 Å². The minimum Gasteiger partial charge on any atom is -0.489 e. The fourth-order valence-corrected chi connectivity index (χ4v) is 2.61. The Labute approximate surface area is 164 Å². The largest absolute Gasteiger partial charge is 0.489 e. The van der Waals surface area contributed by atoms with Crippen molar-refractivity contribution in [1.82, 2.24) is 4.90 Å². The number of carboxylic acid groups (broad SMARTS) is 1. The van der Waals surface area contributed by atoms with Crippen molar-refractivity contribution in [2.45, 2.75) is 20.5 Å². The van der Waals surface area contributed by atoms with Crippen LogP contribution in [0, 0.1) is 11.3 Å². The van der Waals surface area contributed by atoms with Crippen molar-refractivity contribution >= 4 is 18.0 Å². The molecule has 0 aromatic heterocycles. The van der Waals surface area contributed by atoms with Gasteiger partial charge in [0.05, 0.1) is 5.56 Å². The zero-order chi connectivity index (χ0) is 20.5. The van der Waals surface area contributed by atoms with Crippen LogP contribution in [0.1, 0.15) is 35.3 Å². The molecule has 2 aromatic rings. The number of benzene rings is 2. The summed E-state index contributed by atoms with van der Waals surface area (Å²) < 4.78 is 5.68. The third-order valence-electron chi connectivity index (χ3n) is 4.17. The van der Waals surface area contributed by atoms with E-state index in [0.717, 1.165) is 11.1 Å². The third-order valence-corrected chi connectivity index (χ3v) is 4.17. The lowest BCUT2D eigenvalue weighted by atomic mass is 10.1. The quantitative estimate of drug-likeness (QED) is 0.558. The lowest BCUT2D eigenvalue weighted by molar-refractivity contribution is -0.126. The van der Waals surface area contributed by atoms with Gasteiger partial charge in [-0.15, -0.1) is 0 Å². The molecule has 0 radical (unpaired) electrons. The molecule has 144 valence electrons. The van der Waals surface area contributed by atoms with Gasteiger partial charge in [0.15, 0.2) is 0 Å². The van der Waals surface area contributed by atoms with Gasteiger partial charge >= 0.3 is 5.97 Å². The Hall–Kier alpha value is -3.59. The van der Waals surface area contributed by atoms with Crippen molar-refractivity contribution in [2.75, 3.05) is 13.1 Å². The van der Waals surface area contributed by atoms with Gasteiger partial charge in [0, 0.05) is 13.1 Å². The first-order valence-electron chi connectivity index (χ1n) is 8.94. The van der Waals surface area contributed by atoms with Gasteiger partial charge in [0.25, 0.3) is 5.91 Å². The molecule has 6 heteroatoms. The van der Waals surface area contributed by atoms with Crippen molar-refractivity contribution in [1.29, 1.82) is 5.26 Å². The van der Waals surface area contributed by atoms with Crippen molar-refractivity contribution < 1.29 is 19.4 Å². The Morgan fingerprint density at radius 1 is 1.14 bits per heavy atom. The number of rotatable bonds is 8. The average Bonchev–Trinajstić information content (AvgIpc) is 2.72. The number of hydrogen-bond donors (Lipinski definition) is 1. The number of likely N-dealkylation sites (N-methyl/N-ethyl adjacent to an activating group) is 1. The number of aromatic carboxylic acids is 1. The molecule has 0 aliphatic carbocycles. The Kier molecular flexibility index (Phi) is 7.35. The molecule has 2 aromatic carbocycles. The Morgan fingerprint density at radius 3 is 2.39 bits per heavy atom. The lowest BCUT2D eigenvalue weighted by Crippen LogP contribution is -2.31. The molecule has 0 heterocycles. The van der Waals surface area contributed by atoms with Crippen LogP contribution in [0.5, 0.6) is 5.75 Å². The number of ether oxygens (including phenoxy) is 1. The Bertz CT molecular complexity index is 907. The lowest BCUT2D eigenvalue weighted by Gasteiger charge is -2.17. The van der Waals surface area contributed by atoms with E-state index in [9.17, 15) is 14.9 Å². The second kappa shape index (κ2) is 9.93. The van der Waals surface area contributed by atoms with E-state index in [4.69, 9.17) is 9.84 Å². The molecule has 28 heavy (non-hydrogen) atoms. The number of carboxylic acids is 1. The second-order valence-electron chi connectivity index (χ2n) is 6.01. The minimum absolute atomic E-state index is 0.0860. The standard InChI is InChI=1S/C22H22N2O4/c1-3-24(4-2)21(25)19(14-23)12-16-8-10-20(11-9-16)28-15-17-6-5-7-18(13-17)22(26)27/h5-13H,3-4,15H2,1-2H3,(H,26,27)/b19-12-. The zero-order valence-corrected chi connectivity index (χ0v) is 15.9. The molecule has 2 rings (SSSR count). The van der Waals surface area contributed by atoms with Gasteiger partial charge in [0.2, 0.25) is 0 Å². The van der Waals surface area contributed by atoms with Crippen LogP contribution >= 0.6 is 0 Å². The summed E-state index contributed by atoms with van der Waals surface area (Å²) in [6.45, 7) is 5.07.